The minimum Gasteiger partial charge on any atom is -0.497 e. The number of aromatic amines is 1. The van der Waals surface area contributed by atoms with Gasteiger partial charge in [0.15, 0.2) is 0 Å². The summed E-state index contributed by atoms with van der Waals surface area (Å²) in [5.74, 6) is -0.0793. The van der Waals surface area contributed by atoms with Crippen LogP contribution in [0.3, 0.4) is 0 Å². The average Bonchev–Trinajstić information content (AvgIpc) is 3.05. The number of benzene rings is 1. The molecule has 0 bridgehead atoms. The highest BCUT2D eigenvalue weighted by molar-refractivity contribution is 6.14. The standard InChI is InChI=1S/C23H24F3N3O3/c1-13-20(22(31)28-18-10-14(23(24,25)26)12-27-21(18)30)17-11-16(32-2)8-9-19(17)29(13)15-6-4-3-5-7-15/h8-12,15H,3-7H2,1-2H3,(H,27,30)(H,28,31). The number of anilines is 1. The largest absolute Gasteiger partial charge is 0.497 e. The van der Waals surface area contributed by atoms with Crippen molar-refractivity contribution in [3.63, 3.8) is 0 Å². The summed E-state index contributed by atoms with van der Waals surface area (Å²) in [4.78, 5) is 27.4. The Balaban J connectivity index is 1.81. The summed E-state index contributed by atoms with van der Waals surface area (Å²) < 4.78 is 46.7. The number of pyridine rings is 1. The van der Waals surface area contributed by atoms with Crippen molar-refractivity contribution >= 4 is 22.5 Å². The first-order valence-corrected chi connectivity index (χ1v) is 10.5. The van der Waals surface area contributed by atoms with Crippen LogP contribution in [0.15, 0.2) is 35.3 Å². The van der Waals surface area contributed by atoms with Crippen molar-refractivity contribution in [3.05, 3.63) is 57.6 Å². The van der Waals surface area contributed by atoms with E-state index < -0.39 is 28.9 Å². The van der Waals surface area contributed by atoms with Crippen LogP contribution < -0.4 is 15.6 Å². The number of rotatable bonds is 4. The van der Waals surface area contributed by atoms with Crippen molar-refractivity contribution in [3.8, 4) is 5.75 Å². The fraction of sp³-hybridized carbons (Fsp3) is 0.391. The summed E-state index contributed by atoms with van der Waals surface area (Å²) in [7, 11) is 1.52. The van der Waals surface area contributed by atoms with E-state index in [1.165, 1.54) is 13.5 Å². The molecule has 2 aromatic heterocycles. The number of nitrogens with one attached hydrogen (secondary N) is 2. The number of aromatic nitrogens is 2. The Kier molecular flexibility index (Phi) is 5.75. The van der Waals surface area contributed by atoms with Crippen LogP contribution in [-0.4, -0.2) is 22.6 Å². The van der Waals surface area contributed by atoms with E-state index in [4.69, 9.17) is 4.74 Å². The number of ether oxygens (including phenoxy) is 1. The maximum atomic E-state index is 13.3. The van der Waals surface area contributed by atoms with Crippen LogP contribution in [0.25, 0.3) is 10.9 Å². The minimum atomic E-state index is -4.65. The Bertz CT molecular complexity index is 1220. The van der Waals surface area contributed by atoms with E-state index in [2.05, 4.69) is 9.88 Å². The van der Waals surface area contributed by atoms with Crippen LogP contribution in [0.2, 0.25) is 0 Å². The minimum absolute atomic E-state index is 0.234. The molecular weight excluding hydrogens is 423 g/mol. The fourth-order valence-corrected chi connectivity index (χ4v) is 4.57. The van der Waals surface area contributed by atoms with E-state index in [0.29, 0.717) is 34.7 Å². The molecule has 170 valence electrons. The number of nitrogens with zero attached hydrogens (tertiary/aromatic N) is 1. The van der Waals surface area contributed by atoms with E-state index in [9.17, 15) is 22.8 Å². The third-order valence-corrected chi connectivity index (χ3v) is 6.10. The molecule has 0 unspecified atom stereocenters. The molecule has 0 radical (unpaired) electrons. The summed E-state index contributed by atoms with van der Waals surface area (Å²) in [6.07, 6.45) is 1.29. The first kappa shape index (κ1) is 22.0. The number of hydrogen-bond acceptors (Lipinski definition) is 3. The van der Waals surface area contributed by atoms with E-state index >= 15 is 0 Å². The third-order valence-electron chi connectivity index (χ3n) is 6.10. The summed E-state index contributed by atoms with van der Waals surface area (Å²) >= 11 is 0. The zero-order valence-electron chi connectivity index (χ0n) is 17.8. The molecule has 1 aromatic carbocycles. The molecule has 0 atom stereocenters. The average molecular weight is 447 g/mol. The molecule has 6 nitrogen and oxygen atoms in total. The van der Waals surface area contributed by atoms with Crippen LogP contribution in [-0.2, 0) is 6.18 Å². The molecule has 1 aliphatic rings. The number of amides is 1. The fourth-order valence-electron chi connectivity index (χ4n) is 4.57. The maximum Gasteiger partial charge on any atom is 0.417 e. The van der Waals surface area contributed by atoms with Gasteiger partial charge in [-0.05, 0) is 44.0 Å². The quantitative estimate of drug-likeness (QED) is 0.561. The highest BCUT2D eigenvalue weighted by atomic mass is 19.4. The van der Waals surface area contributed by atoms with Crippen LogP contribution >= 0.6 is 0 Å². The Labute approximate surface area is 182 Å². The summed E-state index contributed by atoms with van der Waals surface area (Å²) in [5, 5.41) is 3.02. The topological polar surface area (TPSA) is 76.1 Å². The molecule has 1 fully saturated rings. The molecule has 4 rings (SSSR count). The van der Waals surface area contributed by atoms with Gasteiger partial charge in [-0.2, -0.15) is 13.2 Å². The van der Waals surface area contributed by atoms with Crippen molar-refractivity contribution in [1.82, 2.24) is 9.55 Å². The molecule has 9 heteroatoms. The van der Waals surface area contributed by atoms with Gasteiger partial charge in [0.1, 0.15) is 11.4 Å². The zero-order chi connectivity index (χ0) is 23.0. The lowest BCUT2D eigenvalue weighted by atomic mass is 9.95. The molecule has 2 N–H and O–H groups in total. The number of fused-ring (bicyclic) bond motifs is 1. The van der Waals surface area contributed by atoms with Crippen molar-refractivity contribution in [2.45, 2.75) is 51.2 Å². The van der Waals surface area contributed by atoms with Gasteiger partial charge in [0.05, 0.1) is 18.2 Å². The van der Waals surface area contributed by atoms with Crippen molar-refractivity contribution < 1.29 is 22.7 Å². The second-order valence-corrected chi connectivity index (χ2v) is 8.09. The van der Waals surface area contributed by atoms with Gasteiger partial charge in [-0.1, -0.05) is 19.3 Å². The van der Waals surface area contributed by atoms with Gasteiger partial charge >= 0.3 is 6.18 Å². The molecule has 2 heterocycles. The summed E-state index contributed by atoms with van der Waals surface area (Å²) in [5.41, 5.74) is -0.417. The second-order valence-electron chi connectivity index (χ2n) is 8.09. The van der Waals surface area contributed by atoms with Crippen LogP contribution in [0.1, 0.15) is 59.8 Å². The van der Waals surface area contributed by atoms with Gasteiger partial charge in [-0.25, -0.2) is 0 Å². The molecule has 0 saturated heterocycles. The smallest absolute Gasteiger partial charge is 0.417 e. The molecular formula is C23H24F3N3O3. The van der Waals surface area contributed by atoms with Gasteiger partial charge in [0.25, 0.3) is 11.5 Å². The monoisotopic (exact) mass is 447 g/mol. The Morgan fingerprint density at radius 2 is 1.91 bits per heavy atom. The number of hydrogen-bond donors (Lipinski definition) is 2. The molecule has 32 heavy (non-hydrogen) atoms. The van der Waals surface area contributed by atoms with E-state index in [1.54, 1.807) is 6.07 Å². The maximum absolute atomic E-state index is 13.3. The van der Waals surface area contributed by atoms with Gasteiger partial charge in [-0.15, -0.1) is 0 Å². The normalized spacial score (nSPS) is 15.2. The predicted octanol–water partition coefficient (Wildman–Crippen LogP) is 5.42. The van der Waals surface area contributed by atoms with Crippen LogP contribution in [0.5, 0.6) is 5.75 Å². The first-order chi connectivity index (χ1) is 15.2. The Morgan fingerprint density at radius 3 is 2.56 bits per heavy atom. The lowest BCUT2D eigenvalue weighted by molar-refractivity contribution is -0.137. The molecule has 1 aliphatic carbocycles. The number of carbonyl (C=O) groups is 1. The number of methoxy groups -OCH3 is 1. The lowest BCUT2D eigenvalue weighted by Gasteiger charge is -2.26. The van der Waals surface area contributed by atoms with Gasteiger partial charge in [0, 0.05) is 28.8 Å². The van der Waals surface area contributed by atoms with E-state index in [1.807, 2.05) is 24.0 Å². The van der Waals surface area contributed by atoms with Crippen molar-refractivity contribution in [1.29, 1.82) is 0 Å². The summed E-state index contributed by atoms with van der Waals surface area (Å²) in [6, 6.07) is 6.34. The second kappa shape index (κ2) is 8.37. The van der Waals surface area contributed by atoms with Crippen molar-refractivity contribution in [2.75, 3.05) is 12.4 Å². The Morgan fingerprint density at radius 1 is 1.19 bits per heavy atom. The van der Waals surface area contributed by atoms with Crippen LogP contribution in [0.4, 0.5) is 18.9 Å². The van der Waals surface area contributed by atoms with Gasteiger partial charge < -0.3 is 19.6 Å². The van der Waals surface area contributed by atoms with E-state index in [0.717, 1.165) is 31.2 Å². The highest BCUT2D eigenvalue weighted by Gasteiger charge is 2.32. The molecule has 1 saturated carbocycles. The zero-order valence-corrected chi connectivity index (χ0v) is 17.8. The van der Waals surface area contributed by atoms with Crippen LogP contribution in [0, 0.1) is 6.92 Å². The molecule has 0 spiro atoms. The number of H-pyrrole nitrogens is 1. The number of halogens is 3. The third kappa shape index (κ3) is 3.99. The van der Waals surface area contributed by atoms with E-state index in [-0.39, 0.29) is 6.04 Å². The van der Waals surface area contributed by atoms with Crippen molar-refractivity contribution in [2.24, 2.45) is 0 Å². The number of alkyl halides is 3. The van der Waals surface area contributed by atoms with Gasteiger partial charge in [0.2, 0.25) is 0 Å². The number of carbonyl (C=O) groups excluding carboxylic acids is 1. The highest BCUT2D eigenvalue weighted by Crippen LogP contribution is 2.37. The molecule has 1 amide bonds. The van der Waals surface area contributed by atoms with Gasteiger partial charge in [-0.3, -0.25) is 9.59 Å². The molecule has 3 aromatic rings. The summed E-state index contributed by atoms with van der Waals surface area (Å²) in [6.45, 7) is 1.83. The Hall–Kier alpha value is -3.23. The predicted molar refractivity (Wildman–Crippen MR) is 115 cm³/mol. The first-order valence-electron chi connectivity index (χ1n) is 10.5. The SMILES string of the molecule is COc1ccc2c(c1)c(C(=O)Nc1cc(C(F)(F)F)c[nH]c1=O)c(C)n2C1CCCCC1. The molecule has 0 aliphatic heterocycles. The lowest BCUT2D eigenvalue weighted by Crippen LogP contribution is -2.22.